The van der Waals surface area contributed by atoms with Gasteiger partial charge in [-0.25, -0.2) is 15.0 Å². The summed E-state index contributed by atoms with van der Waals surface area (Å²) in [4.78, 5) is 28.6. The van der Waals surface area contributed by atoms with Crippen LogP contribution in [0.5, 0.6) is 0 Å². The van der Waals surface area contributed by atoms with Crippen LogP contribution >= 0.6 is 0 Å². The number of hydrogen-bond donors (Lipinski definition) is 0. The molecule has 0 aliphatic carbocycles. The monoisotopic (exact) mass is 362 g/mol. The SMILES string of the molecule is CCc1ncc(-c2cc(C(=O)N(CC)CC)c3c(C)cc(C)cc3n2)cn1. The first kappa shape index (κ1) is 19.0. The highest BCUT2D eigenvalue weighted by Gasteiger charge is 2.20. The Morgan fingerprint density at radius 3 is 2.26 bits per heavy atom. The van der Waals surface area contributed by atoms with Gasteiger partial charge in [0.15, 0.2) is 0 Å². The van der Waals surface area contributed by atoms with Crippen LogP contribution in [0.1, 0.15) is 48.1 Å². The first-order valence-corrected chi connectivity index (χ1v) is 9.51. The number of carbonyl (C=O) groups is 1. The molecule has 140 valence electrons. The van der Waals surface area contributed by atoms with Crippen LogP contribution in [0, 0.1) is 13.8 Å². The number of benzene rings is 1. The number of aryl methyl sites for hydroxylation is 3. The van der Waals surface area contributed by atoms with Crippen molar-refractivity contribution < 1.29 is 4.79 Å². The van der Waals surface area contributed by atoms with E-state index in [9.17, 15) is 4.79 Å². The molecule has 1 aromatic carbocycles. The van der Waals surface area contributed by atoms with Crippen molar-refractivity contribution in [1.82, 2.24) is 19.9 Å². The third kappa shape index (κ3) is 3.68. The predicted molar refractivity (Wildman–Crippen MR) is 109 cm³/mol. The average molecular weight is 362 g/mol. The molecular formula is C22H26N4O. The molecule has 0 aliphatic heterocycles. The molecule has 3 aromatic rings. The van der Waals surface area contributed by atoms with Crippen molar-refractivity contribution in [3.05, 3.63) is 53.1 Å². The number of fused-ring (bicyclic) bond motifs is 1. The fourth-order valence-electron chi connectivity index (χ4n) is 3.42. The number of hydrogen-bond acceptors (Lipinski definition) is 4. The zero-order valence-electron chi connectivity index (χ0n) is 16.7. The van der Waals surface area contributed by atoms with E-state index in [1.165, 1.54) is 0 Å². The summed E-state index contributed by atoms with van der Waals surface area (Å²) < 4.78 is 0. The van der Waals surface area contributed by atoms with Gasteiger partial charge in [-0.1, -0.05) is 13.0 Å². The second kappa shape index (κ2) is 7.82. The Hall–Kier alpha value is -2.82. The van der Waals surface area contributed by atoms with Gasteiger partial charge < -0.3 is 4.90 Å². The predicted octanol–water partition coefficient (Wildman–Crippen LogP) is 4.35. The molecule has 0 radical (unpaired) electrons. The smallest absolute Gasteiger partial charge is 0.254 e. The molecule has 0 aliphatic rings. The second-order valence-electron chi connectivity index (χ2n) is 6.75. The standard InChI is InChI=1S/C22H26N4O/c1-6-20-23-12-16(13-24-20)18-11-17(22(27)26(7-2)8-3)21-15(5)9-14(4)10-19(21)25-18/h9-13H,6-8H2,1-5H3. The Kier molecular flexibility index (Phi) is 5.49. The topological polar surface area (TPSA) is 59.0 Å². The molecule has 2 heterocycles. The zero-order valence-corrected chi connectivity index (χ0v) is 16.7. The van der Waals surface area contributed by atoms with Gasteiger partial charge in [-0.3, -0.25) is 4.79 Å². The molecule has 0 N–H and O–H groups in total. The molecule has 0 saturated heterocycles. The fraction of sp³-hybridized carbons (Fsp3) is 0.364. The van der Waals surface area contributed by atoms with Crippen molar-refractivity contribution in [1.29, 1.82) is 0 Å². The lowest BCUT2D eigenvalue weighted by Crippen LogP contribution is -2.30. The number of nitrogens with zero attached hydrogens (tertiary/aromatic N) is 4. The lowest BCUT2D eigenvalue weighted by molar-refractivity contribution is 0.0775. The molecule has 0 spiro atoms. The van der Waals surface area contributed by atoms with Crippen LogP contribution in [0.4, 0.5) is 0 Å². The Balaban J connectivity index is 2.25. The molecule has 0 bridgehead atoms. The van der Waals surface area contributed by atoms with Crippen molar-refractivity contribution in [3.63, 3.8) is 0 Å². The summed E-state index contributed by atoms with van der Waals surface area (Å²) >= 11 is 0. The van der Waals surface area contributed by atoms with Crippen LogP contribution < -0.4 is 0 Å². The summed E-state index contributed by atoms with van der Waals surface area (Å²) in [5.41, 5.74) is 5.27. The van der Waals surface area contributed by atoms with E-state index < -0.39 is 0 Å². The van der Waals surface area contributed by atoms with Gasteiger partial charge >= 0.3 is 0 Å². The van der Waals surface area contributed by atoms with E-state index in [0.717, 1.165) is 45.5 Å². The minimum Gasteiger partial charge on any atom is -0.339 e. The van der Waals surface area contributed by atoms with Gasteiger partial charge in [0.25, 0.3) is 5.91 Å². The van der Waals surface area contributed by atoms with Gasteiger partial charge in [-0.05, 0) is 51.0 Å². The molecule has 27 heavy (non-hydrogen) atoms. The largest absolute Gasteiger partial charge is 0.339 e. The van der Waals surface area contributed by atoms with Gasteiger partial charge in [0.05, 0.1) is 16.8 Å². The van der Waals surface area contributed by atoms with Gasteiger partial charge in [0.2, 0.25) is 0 Å². The van der Waals surface area contributed by atoms with Gasteiger partial charge in [-0.15, -0.1) is 0 Å². The lowest BCUT2D eigenvalue weighted by Gasteiger charge is -2.21. The maximum atomic E-state index is 13.2. The Morgan fingerprint density at radius 1 is 1.00 bits per heavy atom. The first-order valence-electron chi connectivity index (χ1n) is 9.51. The molecule has 3 rings (SSSR count). The number of aromatic nitrogens is 3. The van der Waals surface area contributed by atoms with E-state index in [1.807, 2.05) is 51.7 Å². The van der Waals surface area contributed by atoms with Crippen molar-refractivity contribution in [2.75, 3.05) is 13.1 Å². The highest BCUT2D eigenvalue weighted by Crippen LogP contribution is 2.28. The Bertz CT molecular complexity index is 976. The maximum Gasteiger partial charge on any atom is 0.254 e. The van der Waals surface area contributed by atoms with E-state index in [1.54, 1.807) is 12.4 Å². The summed E-state index contributed by atoms with van der Waals surface area (Å²) in [5, 5.41) is 0.923. The number of pyridine rings is 1. The Labute approximate surface area is 160 Å². The number of amides is 1. The van der Waals surface area contributed by atoms with E-state index in [2.05, 4.69) is 16.0 Å². The summed E-state index contributed by atoms with van der Waals surface area (Å²) in [5.74, 6) is 0.831. The minimum absolute atomic E-state index is 0.0340. The molecule has 1 amide bonds. The third-order valence-corrected chi connectivity index (χ3v) is 4.85. The van der Waals surface area contributed by atoms with Crippen LogP contribution in [0.2, 0.25) is 0 Å². The van der Waals surface area contributed by atoms with E-state index in [-0.39, 0.29) is 5.91 Å². The van der Waals surface area contributed by atoms with Crippen LogP contribution in [-0.2, 0) is 6.42 Å². The summed E-state index contributed by atoms with van der Waals surface area (Å²) in [7, 11) is 0. The van der Waals surface area contributed by atoms with Gasteiger partial charge in [-0.2, -0.15) is 0 Å². The van der Waals surface area contributed by atoms with E-state index >= 15 is 0 Å². The first-order chi connectivity index (χ1) is 13.0. The third-order valence-electron chi connectivity index (χ3n) is 4.85. The summed E-state index contributed by atoms with van der Waals surface area (Å²) in [6.45, 7) is 11.5. The second-order valence-corrected chi connectivity index (χ2v) is 6.75. The number of rotatable bonds is 5. The van der Waals surface area contributed by atoms with Crippen LogP contribution in [0.3, 0.4) is 0 Å². The summed E-state index contributed by atoms with van der Waals surface area (Å²) in [6, 6.07) is 6.02. The average Bonchev–Trinajstić information content (AvgIpc) is 2.67. The van der Waals surface area contributed by atoms with Crippen molar-refractivity contribution in [2.45, 2.75) is 41.0 Å². The highest BCUT2D eigenvalue weighted by molar-refractivity contribution is 6.08. The van der Waals surface area contributed by atoms with Crippen molar-refractivity contribution in [3.8, 4) is 11.3 Å². The minimum atomic E-state index is 0.0340. The lowest BCUT2D eigenvalue weighted by atomic mass is 9.98. The van der Waals surface area contributed by atoms with Gasteiger partial charge in [0, 0.05) is 42.9 Å². The fourth-order valence-corrected chi connectivity index (χ4v) is 3.42. The van der Waals surface area contributed by atoms with E-state index in [0.29, 0.717) is 18.7 Å². The number of carbonyl (C=O) groups excluding carboxylic acids is 1. The Morgan fingerprint density at radius 2 is 1.67 bits per heavy atom. The van der Waals surface area contributed by atoms with Crippen LogP contribution in [0.15, 0.2) is 30.6 Å². The van der Waals surface area contributed by atoms with Gasteiger partial charge in [0.1, 0.15) is 5.82 Å². The van der Waals surface area contributed by atoms with Crippen molar-refractivity contribution in [2.24, 2.45) is 0 Å². The molecule has 5 nitrogen and oxygen atoms in total. The quantitative estimate of drug-likeness (QED) is 0.677. The molecule has 5 heteroatoms. The normalized spacial score (nSPS) is 11.0. The van der Waals surface area contributed by atoms with Crippen molar-refractivity contribution >= 4 is 16.8 Å². The van der Waals surface area contributed by atoms with Crippen LogP contribution in [0.25, 0.3) is 22.2 Å². The molecule has 0 atom stereocenters. The maximum absolute atomic E-state index is 13.2. The molecule has 0 unspecified atom stereocenters. The summed E-state index contributed by atoms with van der Waals surface area (Å²) in [6.07, 6.45) is 4.36. The van der Waals surface area contributed by atoms with E-state index in [4.69, 9.17) is 4.98 Å². The molecular weight excluding hydrogens is 336 g/mol. The molecule has 2 aromatic heterocycles. The van der Waals surface area contributed by atoms with Crippen LogP contribution in [-0.4, -0.2) is 38.8 Å². The highest BCUT2D eigenvalue weighted by atomic mass is 16.2. The molecule has 0 fully saturated rings. The zero-order chi connectivity index (χ0) is 19.6. The molecule has 0 saturated carbocycles.